The maximum Gasteiger partial charge on any atom is 0.132 e. The average Bonchev–Trinajstić information content (AvgIpc) is 2.33. The largest absolute Gasteiger partial charge is 0.380 e. The molecule has 0 saturated carbocycles. The Morgan fingerprint density at radius 1 is 1.22 bits per heavy atom. The van der Waals surface area contributed by atoms with E-state index in [0.717, 1.165) is 48.7 Å². The van der Waals surface area contributed by atoms with E-state index in [1.807, 2.05) is 6.07 Å². The van der Waals surface area contributed by atoms with Gasteiger partial charge >= 0.3 is 0 Å². The van der Waals surface area contributed by atoms with Crippen LogP contribution < -0.4 is 5.32 Å². The number of anilines is 1. The van der Waals surface area contributed by atoms with Gasteiger partial charge in [-0.1, -0.05) is 20.3 Å². The summed E-state index contributed by atoms with van der Waals surface area (Å²) in [5.41, 5.74) is 0. The van der Waals surface area contributed by atoms with Gasteiger partial charge < -0.3 is 10.1 Å². The molecule has 18 heavy (non-hydrogen) atoms. The van der Waals surface area contributed by atoms with Crippen LogP contribution in [0.3, 0.4) is 0 Å². The molecule has 1 aromatic rings. The van der Waals surface area contributed by atoms with Gasteiger partial charge in [0.15, 0.2) is 0 Å². The normalized spacial score (nSPS) is 10.6. The first-order valence-electron chi connectivity index (χ1n) is 6.61. The Labute approximate surface area is 118 Å². The molecule has 0 aliphatic heterocycles. The van der Waals surface area contributed by atoms with Gasteiger partial charge in [0.1, 0.15) is 16.2 Å². The van der Waals surface area contributed by atoms with Crippen molar-refractivity contribution in [3.05, 3.63) is 16.5 Å². The lowest BCUT2D eigenvalue weighted by atomic mass is 10.3. The first-order chi connectivity index (χ1) is 8.76. The van der Waals surface area contributed by atoms with Crippen molar-refractivity contribution in [3.63, 3.8) is 0 Å². The van der Waals surface area contributed by atoms with Crippen molar-refractivity contribution in [2.45, 2.75) is 39.5 Å². The Kier molecular flexibility index (Phi) is 7.93. The molecule has 1 aromatic heterocycles. The van der Waals surface area contributed by atoms with Crippen LogP contribution in [0.15, 0.2) is 10.7 Å². The lowest BCUT2D eigenvalue weighted by Gasteiger charge is -2.08. The van der Waals surface area contributed by atoms with Gasteiger partial charge in [-0.3, -0.25) is 0 Å². The molecular formula is C13H22BrN3O. The summed E-state index contributed by atoms with van der Waals surface area (Å²) in [5.74, 6) is 1.74. The van der Waals surface area contributed by atoms with E-state index in [1.54, 1.807) is 0 Å². The summed E-state index contributed by atoms with van der Waals surface area (Å²) in [6, 6.07) is 1.89. The van der Waals surface area contributed by atoms with Crippen molar-refractivity contribution in [1.29, 1.82) is 0 Å². The minimum Gasteiger partial charge on any atom is -0.380 e. The van der Waals surface area contributed by atoms with Gasteiger partial charge in [-0.25, -0.2) is 9.97 Å². The molecule has 0 bridgehead atoms. The van der Waals surface area contributed by atoms with Gasteiger partial charge in [-0.05, 0) is 28.8 Å². The SMILES string of the molecule is CCCCOCCNc1cc(Br)nc(CCC)n1. The van der Waals surface area contributed by atoms with E-state index < -0.39 is 0 Å². The molecular weight excluding hydrogens is 294 g/mol. The van der Waals surface area contributed by atoms with Crippen molar-refractivity contribution >= 4 is 21.7 Å². The lowest BCUT2D eigenvalue weighted by molar-refractivity contribution is 0.141. The van der Waals surface area contributed by atoms with Crippen LogP contribution in [-0.4, -0.2) is 29.7 Å². The molecule has 0 spiro atoms. The van der Waals surface area contributed by atoms with Crippen LogP contribution in [0.5, 0.6) is 0 Å². The molecule has 0 aliphatic carbocycles. The first kappa shape index (κ1) is 15.4. The molecule has 5 heteroatoms. The topological polar surface area (TPSA) is 47.0 Å². The highest BCUT2D eigenvalue weighted by Crippen LogP contribution is 2.13. The van der Waals surface area contributed by atoms with Gasteiger partial charge in [-0.15, -0.1) is 0 Å². The monoisotopic (exact) mass is 315 g/mol. The molecule has 0 amide bonds. The number of aromatic nitrogens is 2. The van der Waals surface area contributed by atoms with Gasteiger partial charge in [-0.2, -0.15) is 0 Å². The predicted octanol–water partition coefficient (Wildman–Crippen LogP) is 3.42. The number of unbranched alkanes of at least 4 members (excludes halogenated alkanes) is 1. The Hall–Kier alpha value is -0.680. The summed E-state index contributed by atoms with van der Waals surface area (Å²) in [7, 11) is 0. The second kappa shape index (κ2) is 9.28. The first-order valence-corrected chi connectivity index (χ1v) is 7.40. The molecule has 0 saturated heterocycles. The third-order valence-corrected chi connectivity index (χ3v) is 2.82. The zero-order valence-electron chi connectivity index (χ0n) is 11.2. The van der Waals surface area contributed by atoms with Crippen LogP contribution in [-0.2, 0) is 11.2 Å². The highest BCUT2D eigenvalue weighted by Gasteiger charge is 2.01. The molecule has 0 aliphatic rings. The smallest absolute Gasteiger partial charge is 0.132 e. The van der Waals surface area contributed by atoms with Crippen molar-refractivity contribution in [2.75, 3.05) is 25.1 Å². The van der Waals surface area contributed by atoms with Crippen LogP contribution in [0.4, 0.5) is 5.82 Å². The Bertz CT molecular complexity index is 347. The number of rotatable bonds is 9. The average molecular weight is 316 g/mol. The molecule has 0 aromatic carbocycles. The quantitative estimate of drug-likeness (QED) is 0.560. The zero-order chi connectivity index (χ0) is 13.2. The Morgan fingerprint density at radius 2 is 2.06 bits per heavy atom. The lowest BCUT2D eigenvalue weighted by Crippen LogP contribution is -2.12. The maximum absolute atomic E-state index is 5.49. The summed E-state index contributed by atoms with van der Waals surface area (Å²) in [4.78, 5) is 8.78. The van der Waals surface area contributed by atoms with E-state index >= 15 is 0 Å². The fraction of sp³-hybridized carbons (Fsp3) is 0.692. The fourth-order valence-electron chi connectivity index (χ4n) is 1.49. The minimum atomic E-state index is 0.713. The second-order valence-electron chi connectivity index (χ2n) is 4.13. The Morgan fingerprint density at radius 3 is 2.78 bits per heavy atom. The Balaban J connectivity index is 2.32. The molecule has 102 valence electrons. The number of nitrogens with one attached hydrogen (secondary N) is 1. The molecule has 0 fully saturated rings. The highest BCUT2D eigenvalue weighted by atomic mass is 79.9. The number of nitrogens with zero attached hydrogens (tertiary/aromatic N) is 2. The van der Waals surface area contributed by atoms with Gasteiger partial charge in [0.2, 0.25) is 0 Å². The standard InChI is InChI=1S/C13H22BrN3O/c1-3-5-8-18-9-7-15-13-10-11(14)16-12(17-13)6-4-2/h10H,3-9H2,1-2H3,(H,15,16,17). The number of aryl methyl sites for hydroxylation is 1. The summed E-state index contributed by atoms with van der Waals surface area (Å²) in [5, 5.41) is 3.26. The third kappa shape index (κ3) is 6.31. The number of hydrogen-bond acceptors (Lipinski definition) is 4. The highest BCUT2D eigenvalue weighted by molar-refractivity contribution is 9.10. The molecule has 0 atom stereocenters. The zero-order valence-corrected chi connectivity index (χ0v) is 12.8. The van der Waals surface area contributed by atoms with E-state index in [-0.39, 0.29) is 0 Å². The van der Waals surface area contributed by atoms with Gasteiger partial charge in [0, 0.05) is 25.6 Å². The van der Waals surface area contributed by atoms with Crippen molar-refractivity contribution in [1.82, 2.24) is 9.97 Å². The van der Waals surface area contributed by atoms with Crippen molar-refractivity contribution in [3.8, 4) is 0 Å². The third-order valence-electron chi connectivity index (χ3n) is 2.41. The molecule has 0 radical (unpaired) electrons. The van der Waals surface area contributed by atoms with E-state index in [0.29, 0.717) is 6.61 Å². The fourth-order valence-corrected chi connectivity index (χ4v) is 1.91. The van der Waals surface area contributed by atoms with E-state index in [2.05, 4.69) is 45.1 Å². The van der Waals surface area contributed by atoms with Crippen molar-refractivity contribution < 1.29 is 4.74 Å². The summed E-state index contributed by atoms with van der Waals surface area (Å²) >= 11 is 3.40. The summed E-state index contributed by atoms with van der Waals surface area (Å²) in [6.45, 7) is 6.62. The van der Waals surface area contributed by atoms with Crippen LogP contribution >= 0.6 is 15.9 Å². The molecule has 4 nitrogen and oxygen atoms in total. The molecule has 1 N–H and O–H groups in total. The van der Waals surface area contributed by atoms with Crippen molar-refractivity contribution in [2.24, 2.45) is 0 Å². The van der Waals surface area contributed by atoms with E-state index in [4.69, 9.17) is 4.74 Å². The van der Waals surface area contributed by atoms with Crippen LogP contribution in [0, 0.1) is 0 Å². The molecule has 1 rings (SSSR count). The minimum absolute atomic E-state index is 0.713. The predicted molar refractivity (Wildman–Crippen MR) is 77.9 cm³/mol. The van der Waals surface area contributed by atoms with E-state index in [9.17, 15) is 0 Å². The number of halogens is 1. The van der Waals surface area contributed by atoms with Crippen LogP contribution in [0.25, 0.3) is 0 Å². The molecule has 0 unspecified atom stereocenters. The second-order valence-corrected chi connectivity index (χ2v) is 4.95. The number of ether oxygens (including phenoxy) is 1. The van der Waals surface area contributed by atoms with Crippen LogP contribution in [0.1, 0.15) is 38.9 Å². The van der Waals surface area contributed by atoms with Gasteiger partial charge in [0.05, 0.1) is 6.61 Å². The number of hydrogen-bond donors (Lipinski definition) is 1. The summed E-state index contributed by atoms with van der Waals surface area (Å²) in [6.07, 6.45) is 4.25. The van der Waals surface area contributed by atoms with Crippen LogP contribution in [0.2, 0.25) is 0 Å². The maximum atomic E-state index is 5.49. The summed E-state index contributed by atoms with van der Waals surface area (Å²) < 4.78 is 6.32. The van der Waals surface area contributed by atoms with Gasteiger partial charge in [0.25, 0.3) is 0 Å². The van der Waals surface area contributed by atoms with E-state index in [1.165, 1.54) is 6.42 Å². The molecule has 1 heterocycles.